The van der Waals surface area contributed by atoms with Crippen LogP contribution < -0.4 is 16.0 Å². The Morgan fingerprint density at radius 3 is 2.36 bits per heavy atom. The molecule has 7 nitrogen and oxygen atoms in total. The third kappa shape index (κ3) is 6.75. The fourth-order valence-corrected chi connectivity index (χ4v) is 2.63. The van der Waals surface area contributed by atoms with Gasteiger partial charge in [0.05, 0.1) is 5.92 Å². The van der Waals surface area contributed by atoms with Gasteiger partial charge in [-0.3, -0.25) is 9.59 Å². The van der Waals surface area contributed by atoms with Crippen molar-refractivity contribution in [2.24, 2.45) is 5.92 Å². The van der Waals surface area contributed by atoms with Gasteiger partial charge < -0.3 is 21.1 Å². The van der Waals surface area contributed by atoms with Crippen molar-refractivity contribution in [3.05, 3.63) is 65.7 Å². The van der Waals surface area contributed by atoms with Crippen molar-refractivity contribution in [2.75, 3.05) is 11.9 Å². The van der Waals surface area contributed by atoms with Gasteiger partial charge in [-0.2, -0.15) is 0 Å². The Hall–Kier alpha value is -3.35. The zero-order valence-electron chi connectivity index (χ0n) is 15.9. The van der Waals surface area contributed by atoms with E-state index in [1.54, 1.807) is 24.3 Å². The molecule has 3 amide bonds. The van der Waals surface area contributed by atoms with Crippen molar-refractivity contribution in [3.8, 4) is 0 Å². The summed E-state index contributed by atoms with van der Waals surface area (Å²) in [5.41, 5.74) is 1.71. The van der Waals surface area contributed by atoms with Gasteiger partial charge in [-0.05, 0) is 44.0 Å². The number of benzene rings is 2. The number of carbonyl (C=O) groups excluding carboxylic acids is 2. The highest BCUT2D eigenvalue weighted by atomic mass is 16.4. The van der Waals surface area contributed by atoms with Gasteiger partial charge in [-0.15, -0.1) is 0 Å². The minimum absolute atomic E-state index is 0.00848. The number of carbonyl (C=O) groups is 3. The Kier molecular flexibility index (Phi) is 7.56. The minimum Gasteiger partial charge on any atom is -0.481 e. The standard InChI is InChI=1S/C21H25N3O4/c1-14(2)23-21(28)24-18-10-6-9-16(12-18)19(25)22-13-17(20(26)27)11-15-7-4-3-5-8-15/h3-10,12,14,17H,11,13H2,1-2H3,(H,22,25)(H,26,27)(H2,23,24,28). The lowest BCUT2D eigenvalue weighted by atomic mass is 9.99. The average Bonchev–Trinajstić information content (AvgIpc) is 2.65. The molecule has 148 valence electrons. The molecule has 7 heteroatoms. The average molecular weight is 383 g/mol. The Morgan fingerprint density at radius 1 is 1.00 bits per heavy atom. The first-order chi connectivity index (χ1) is 13.3. The van der Waals surface area contributed by atoms with Gasteiger partial charge in [0.2, 0.25) is 0 Å². The van der Waals surface area contributed by atoms with Gasteiger partial charge in [0, 0.05) is 23.8 Å². The summed E-state index contributed by atoms with van der Waals surface area (Å²) in [6.07, 6.45) is 0.327. The summed E-state index contributed by atoms with van der Waals surface area (Å²) in [6, 6.07) is 15.4. The van der Waals surface area contributed by atoms with Crippen LogP contribution in [-0.4, -0.2) is 35.6 Å². The first-order valence-corrected chi connectivity index (χ1v) is 9.07. The maximum absolute atomic E-state index is 12.4. The molecule has 2 rings (SSSR count). The highest BCUT2D eigenvalue weighted by Gasteiger charge is 2.19. The summed E-state index contributed by atoms with van der Waals surface area (Å²) >= 11 is 0. The molecule has 0 radical (unpaired) electrons. The van der Waals surface area contributed by atoms with E-state index in [0.717, 1.165) is 5.56 Å². The molecule has 0 aromatic heterocycles. The largest absolute Gasteiger partial charge is 0.481 e. The Balaban J connectivity index is 1.96. The van der Waals surface area contributed by atoms with Crippen LogP contribution in [0.5, 0.6) is 0 Å². The smallest absolute Gasteiger partial charge is 0.319 e. The van der Waals surface area contributed by atoms with Crippen molar-refractivity contribution in [1.82, 2.24) is 10.6 Å². The van der Waals surface area contributed by atoms with Crippen LogP contribution in [-0.2, 0) is 11.2 Å². The van der Waals surface area contributed by atoms with E-state index in [2.05, 4.69) is 16.0 Å². The van der Waals surface area contributed by atoms with Crippen molar-refractivity contribution in [1.29, 1.82) is 0 Å². The second-order valence-electron chi connectivity index (χ2n) is 6.77. The number of carboxylic acids is 1. The molecule has 0 saturated carbocycles. The van der Waals surface area contributed by atoms with E-state index in [9.17, 15) is 19.5 Å². The molecule has 0 bridgehead atoms. The Labute approximate surface area is 164 Å². The van der Waals surface area contributed by atoms with Crippen molar-refractivity contribution < 1.29 is 19.5 Å². The normalized spacial score (nSPS) is 11.5. The van der Waals surface area contributed by atoms with E-state index in [1.165, 1.54) is 0 Å². The molecule has 2 aromatic carbocycles. The zero-order valence-corrected chi connectivity index (χ0v) is 15.9. The summed E-state index contributed by atoms with van der Waals surface area (Å²) in [6.45, 7) is 3.70. The van der Waals surface area contributed by atoms with Crippen LogP contribution in [0.2, 0.25) is 0 Å². The number of carboxylic acid groups (broad SMARTS) is 1. The van der Waals surface area contributed by atoms with Crippen LogP contribution in [0.1, 0.15) is 29.8 Å². The van der Waals surface area contributed by atoms with Gasteiger partial charge in [0.25, 0.3) is 5.91 Å². The number of hydrogen-bond acceptors (Lipinski definition) is 3. The number of rotatable bonds is 8. The lowest BCUT2D eigenvalue weighted by Crippen LogP contribution is -2.35. The topological polar surface area (TPSA) is 108 Å². The maximum Gasteiger partial charge on any atom is 0.319 e. The molecule has 0 saturated heterocycles. The number of aliphatic carboxylic acids is 1. The second kappa shape index (κ2) is 10.1. The predicted molar refractivity (Wildman–Crippen MR) is 107 cm³/mol. The lowest BCUT2D eigenvalue weighted by molar-refractivity contribution is -0.141. The summed E-state index contributed by atoms with van der Waals surface area (Å²) in [5, 5.41) is 17.5. The minimum atomic E-state index is -0.968. The molecule has 0 spiro atoms. The maximum atomic E-state index is 12.4. The van der Waals surface area contributed by atoms with Crippen LogP contribution in [0.25, 0.3) is 0 Å². The molecular formula is C21H25N3O4. The first-order valence-electron chi connectivity index (χ1n) is 9.07. The van der Waals surface area contributed by atoms with Gasteiger partial charge in [0.15, 0.2) is 0 Å². The quantitative estimate of drug-likeness (QED) is 0.562. The van der Waals surface area contributed by atoms with Crippen LogP contribution in [0.15, 0.2) is 54.6 Å². The van der Waals surface area contributed by atoms with E-state index in [-0.39, 0.29) is 18.6 Å². The van der Waals surface area contributed by atoms with Crippen LogP contribution >= 0.6 is 0 Å². The highest BCUT2D eigenvalue weighted by molar-refractivity contribution is 5.97. The van der Waals surface area contributed by atoms with Crippen LogP contribution in [0.3, 0.4) is 0 Å². The second-order valence-corrected chi connectivity index (χ2v) is 6.77. The van der Waals surface area contributed by atoms with Gasteiger partial charge >= 0.3 is 12.0 Å². The molecule has 1 atom stereocenters. The van der Waals surface area contributed by atoms with E-state index in [0.29, 0.717) is 17.7 Å². The fourth-order valence-electron chi connectivity index (χ4n) is 2.63. The van der Waals surface area contributed by atoms with E-state index >= 15 is 0 Å². The van der Waals surface area contributed by atoms with Gasteiger partial charge in [0.1, 0.15) is 0 Å². The number of hydrogen-bond donors (Lipinski definition) is 4. The summed E-state index contributed by atoms with van der Waals surface area (Å²) < 4.78 is 0. The summed E-state index contributed by atoms with van der Waals surface area (Å²) in [4.78, 5) is 35.7. The third-order valence-corrected chi connectivity index (χ3v) is 3.99. The van der Waals surface area contributed by atoms with E-state index in [4.69, 9.17) is 0 Å². The molecule has 1 unspecified atom stereocenters. The molecule has 0 aliphatic carbocycles. The molecule has 4 N–H and O–H groups in total. The van der Waals surface area contributed by atoms with E-state index in [1.807, 2.05) is 44.2 Å². The highest BCUT2D eigenvalue weighted by Crippen LogP contribution is 2.12. The van der Waals surface area contributed by atoms with E-state index < -0.39 is 17.8 Å². The van der Waals surface area contributed by atoms with Crippen molar-refractivity contribution in [2.45, 2.75) is 26.3 Å². The molecule has 0 aliphatic heterocycles. The third-order valence-electron chi connectivity index (χ3n) is 3.99. The Morgan fingerprint density at radius 2 is 1.71 bits per heavy atom. The number of anilines is 1. The van der Waals surface area contributed by atoms with Crippen molar-refractivity contribution >= 4 is 23.6 Å². The molecular weight excluding hydrogens is 358 g/mol. The Bertz CT molecular complexity index is 821. The first kappa shape index (κ1) is 21.0. The summed E-state index contributed by atoms with van der Waals surface area (Å²) in [5.74, 6) is -2.10. The SMILES string of the molecule is CC(C)NC(=O)Nc1cccc(C(=O)NCC(Cc2ccccc2)C(=O)O)c1. The lowest BCUT2D eigenvalue weighted by Gasteiger charge is -2.14. The van der Waals surface area contributed by atoms with Gasteiger partial charge in [-0.1, -0.05) is 36.4 Å². The molecule has 0 heterocycles. The molecule has 0 fully saturated rings. The molecule has 0 aliphatic rings. The number of urea groups is 1. The van der Waals surface area contributed by atoms with Gasteiger partial charge in [-0.25, -0.2) is 4.79 Å². The monoisotopic (exact) mass is 383 g/mol. The van der Waals surface area contributed by atoms with Crippen LogP contribution in [0.4, 0.5) is 10.5 Å². The van der Waals surface area contributed by atoms with Crippen LogP contribution in [0, 0.1) is 5.92 Å². The zero-order chi connectivity index (χ0) is 20.5. The van der Waals surface area contributed by atoms with Crippen molar-refractivity contribution in [3.63, 3.8) is 0 Å². The summed E-state index contributed by atoms with van der Waals surface area (Å²) in [7, 11) is 0. The molecule has 2 aromatic rings. The number of amides is 3. The number of nitrogens with one attached hydrogen (secondary N) is 3. The molecule has 28 heavy (non-hydrogen) atoms. The fraction of sp³-hybridized carbons (Fsp3) is 0.286. The predicted octanol–water partition coefficient (Wildman–Crippen LogP) is 2.89.